The average Bonchev–Trinajstić information content (AvgIpc) is 3.45. The van der Waals surface area contributed by atoms with Crippen LogP contribution >= 0.6 is 0 Å². The Bertz CT molecular complexity index is 2390. The quantitative estimate of drug-likeness (QED) is 0.161. The van der Waals surface area contributed by atoms with Crippen molar-refractivity contribution in [3.05, 3.63) is 186 Å². The van der Waals surface area contributed by atoms with Crippen molar-refractivity contribution in [2.24, 2.45) is 0 Å². The minimum absolute atomic E-state index is 0.0766. The highest BCUT2D eigenvalue weighted by Crippen LogP contribution is 2.52. The minimum atomic E-state index is -0.0766. The van der Waals surface area contributed by atoms with Gasteiger partial charge in [-0.2, -0.15) is 0 Å². The summed E-state index contributed by atoms with van der Waals surface area (Å²) in [6, 6.07) is 61.0. The molecule has 0 saturated heterocycles. The molecule has 0 spiro atoms. The van der Waals surface area contributed by atoms with Crippen molar-refractivity contribution in [3.8, 4) is 44.5 Å². The molecule has 0 atom stereocenters. The number of benzene rings is 7. The highest BCUT2D eigenvalue weighted by Gasteiger charge is 2.36. The van der Waals surface area contributed by atoms with Gasteiger partial charge >= 0.3 is 0 Å². The molecule has 0 unspecified atom stereocenters. The van der Waals surface area contributed by atoms with Crippen molar-refractivity contribution in [2.45, 2.75) is 64.2 Å². The fourth-order valence-corrected chi connectivity index (χ4v) is 9.22. The fraction of sp³-hybridized carbons (Fsp3) is 0.192. The summed E-state index contributed by atoms with van der Waals surface area (Å²) in [6.07, 6.45) is 6.68. The van der Waals surface area contributed by atoms with Crippen molar-refractivity contribution in [2.75, 3.05) is 4.90 Å². The van der Waals surface area contributed by atoms with Crippen LogP contribution in [0.4, 0.5) is 17.1 Å². The zero-order valence-corrected chi connectivity index (χ0v) is 31.1. The second-order valence-corrected chi connectivity index (χ2v) is 15.6. The van der Waals surface area contributed by atoms with E-state index in [2.05, 4.69) is 189 Å². The number of rotatable bonds is 7. The van der Waals surface area contributed by atoms with Crippen LogP contribution in [-0.4, -0.2) is 0 Å². The molecule has 7 aromatic carbocycles. The molecular formula is C52H47N. The molecule has 53 heavy (non-hydrogen) atoms. The van der Waals surface area contributed by atoms with Crippen LogP contribution in [0.5, 0.6) is 0 Å². The number of fused-ring (bicyclic) bond motifs is 3. The van der Waals surface area contributed by atoms with Gasteiger partial charge in [0.1, 0.15) is 0 Å². The Hall–Kier alpha value is -5.66. The second-order valence-electron chi connectivity index (χ2n) is 15.6. The Morgan fingerprint density at radius 3 is 1.64 bits per heavy atom. The first-order valence-electron chi connectivity index (χ1n) is 19.5. The Kier molecular flexibility index (Phi) is 8.59. The maximum Gasteiger partial charge on any atom is 0.0465 e. The van der Waals surface area contributed by atoms with E-state index in [-0.39, 0.29) is 5.41 Å². The van der Waals surface area contributed by atoms with Crippen LogP contribution in [0, 0.1) is 6.92 Å². The molecule has 2 aliphatic rings. The van der Waals surface area contributed by atoms with Gasteiger partial charge in [-0.05, 0) is 129 Å². The second kappa shape index (κ2) is 13.7. The van der Waals surface area contributed by atoms with Gasteiger partial charge in [0.15, 0.2) is 0 Å². The van der Waals surface area contributed by atoms with E-state index in [1.165, 1.54) is 110 Å². The zero-order valence-electron chi connectivity index (χ0n) is 31.1. The monoisotopic (exact) mass is 685 g/mol. The first-order chi connectivity index (χ1) is 26.0. The number of nitrogens with zero attached hydrogens (tertiary/aromatic N) is 1. The van der Waals surface area contributed by atoms with Gasteiger partial charge in [0.05, 0.1) is 0 Å². The van der Waals surface area contributed by atoms with E-state index < -0.39 is 0 Å². The van der Waals surface area contributed by atoms with Gasteiger partial charge in [0.2, 0.25) is 0 Å². The molecule has 0 N–H and O–H groups in total. The van der Waals surface area contributed by atoms with Gasteiger partial charge in [-0.25, -0.2) is 0 Å². The fourth-order valence-electron chi connectivity index (χ4n) is 9.22. The Morgan fingerprint density at radius 1 is 0.453 bits per heavy atom. The molecule has 2 aliphatic carbocycles. The lowest BCUT2D eigenvalue weighted by Crippen LogP contribution is -2.16. The number of aryl methyl sites for hydroxylation is 1. The van der Waals surface area contributed by atoms with E-state index in [0.717, 1.165) is 5.69 Å². The van der Waals surface area contributed by atoms with Gasteiger partial charge in [0, 0.05) is 22.5 Å². The topological polar surface area (TPSA) is 3.24 Å². The van der Waals surface area contributed by atoms with Gasteiger partial charge in [0.25, 0.3) is 0 Å². The smallest absolute Gasteiger partial charge is 0.0465 e. The molecule has 0 aromatic heterocycles. The normalized spacial score (nSPS) is 14.8. The molecule has 7 aromatic rings. The van der Waals surface area contributed by atoms with E-state index in [0.29, 0.717) is 5.92 Å². The van der Waals surface area contributed by atoms with Gasteiger partial charge in [-0.1, -0.05) is 161 Å². The predicted molar refractivity (Wildman–Crippen MR) is 226 cm³/mol. The summed E-state index contributed by atoms with van der Waals surface area (Å²) in [4.78, 5) is 2.46. The first kappa shape index (κ1) is 33.2. The third-order valence-electron chi connectivity index (χ3n) is 12.0. The number of hydrogen-bond acceptors (Lipinski definition) is 1. The van der Waals surface area contributed by atoms with Crippen LogP contribution in [0.25, 0.3) is 44.5 Å². The number of anilines is 3. The molecule has 1 nitrogen and oxygen atoms in total. The Labute approximate surface area is 315 Å². The van der Waals surface area contributed by atoms with E-state index in [1.807, 2.05) is 0 Å². The third kappa shape index (κ3) is 5.99. The summed E-state index contributed by atoms with van der Waals surface area (Å²) >= 11 is 0. The lowest BCUT2D eigenvalue weighted by molar-refractivity contribution is 0.443. The summed E-state index contributed by atoms with van der Waals surface area (Å²) in [5.41, 5.74) is 19.3. The van der Waals surface area contributed by atoms with Gasteiger partial charge < -0.3 is 4.90 Å². The molecule has 0 bridgehead atoms. The van der Waals surface area contributed by atoms with E-state index >= 15 is 0 Å². The van der Waals surface area contributed by atoms with Crippen LogP contribution in [0.1, 0.15) is 74.1 Å². The van der Waals surface area contributed by atoms with E-state index in [4.69, 9.17) is 0 Å². The zero-order chi connectivity index (χ0) is 35.9. The lowest BCUT2D eigenvalue weighted by atomic mass is 9.82. The maximum absolute atomic E-state index is 2.46. The minimum Gasteiger partial charge on any atom is -0.310 e. The van der Waals surface area contributed by atoms with Crippen molar-refractivity contribution < 1.29 is 0 Å². The van der Waals surface area contributed by atoms with Crippen LogP contribution in [0.15, 0.2) is 164 Å². The SMILES string of the molecule is Cc1cccc2c1-c1ccc(N(c3ccc(-c4ccccc4-c4ccccc4-c4ccccc4)cc3)c3ccc(C4CCCCC4)cc3)cc1C2(C)C. The van der Waals surface area contributed by atoms with Crippen LogP contribution in [0.2, 0.25) is 0 Å². The maximum atomic E-state index is 2.46. The van der Waals surface area contributed by atoms with Crippen molar-refractivity contribution in [1.29, 1.82) is 0 Å². The lowest BCUT2D eigenvalue weighted by Gasteiger charge is -2.29. The van der Waals surface area contributed by atoms with Crippen molar-refractivity contribution >= 4 is 17.1 Å². The molecule has 260 valence electrons. The molecule has 0 radical (unpaired) electrons. The molecule has 0 aliphatic heterocycles. The molecule has 1 saturated carbocycles. The third-order valence-corrected chi connectivity index (χ3v) is 12.0. The summed E-state index contributed by atoms with van der Waals surface area (Å²) < 4.78 is 0. The summed E-state index contributed by atoms with van der Waals surface area (Å²) in [6.45, 7) is 7.01. The Balaban J connectivity index is 1.13. The van der Waals surface area contributed by atoms with Crippen LogP contribution in [-0.2, 0) is 5.41 Å². The average molecular weight is 686 g/mol. The molecule has 0 heterocycles. The molecule has 1 heteroatoms. The van der Waals surface area contributed by atoms with Crippen molar-refractivity contribution in [1.82, 2.24) is 0 Å². The van der Waals surface area contributed by atoms with E-state index in [9.17, 15) is 0 Å². The molecule has 0 amide bonds. The molecular weight excluding hydrogens is 639 g/mol. The van der Waals surface area contributed by atoms with Crippen LogP contribution < -0.4 is 4.90 Å². The largest absolute Gasteiger partial charge is 0.310 e. The highest BCUT2D eigenvalue weighted by atomic mass is 15.1. The first-order valence-corrected chi connectivity index (χ1v) is 19.5. The molecule has 9 rings (SSSR count). The predicted octanol–water partition coefficient (Wildman–Crippen LogP) is 14.8. The van der Waals surface area contributed by atoms with Gasteiger partial charge in [-0.15, -0.1) is 0 Å². The standard InChI is InChI=1S/C52H47N/c1-36-15-14-24-49-51(36)48-34-33-43(35-50(48)52(49,2)3)53(41-29-25-38(26-30-41)37-16-6-4-7-17-37)42-31-27-40(28-32-42)45-21-11-13-23-47(45)46-22-12-10-20-44(46)39-18-8-5-9-19-39/h5,8-15,18-35,37H,4,6-7,16-17H2,1-3H3. The highest BCUT2D eigenvalue weighted by molar-refractivity contribution is 5.92. The Morgan fingerprint density at radius 2 is 1.00 bits per heavy atom. The molecule has 1 fully saturated rings. The van der Waals surface area contributed by atoms with E-state index in [1.54, 1.807) is 0 Å². The number of hydrogen-bond donors (Lipinski definition) is 0. The summed E-state index contributed by atoms with van der Waals surface area (Å²) in [5.74, 6) is 0.681. The summed E-state index contributed by atoms with van der Waals surface area (Å²) in [5, 5.41) is 0. The summed E-state index contributed by atoms with van der Waals surface area (Å²) in [7, 11) is 0. The van der Waals surface area contributed by atoms with Gasteiger partial charge in [-0.3, -0.25) is 0 Å². The van der Waals surface area contributed by atoms with Crippen LogP contribution in [0.3, 0.4) is 0 Å². The van der Waals surface area contributed by atoms with Crippen molar-refractivity contribution in [3.63, 3.8) is 0 Å².